The molecule has 0 saturated heterocycles. The SMILES string of the molecule is CC1=NN(c2ccccc2)C(=O)C1(N=N)c1ccc(C)cc1C. The molecule has 5 nitrogen and oxygen atoms in total. The minimum Gasteiger partial charge on any atom is -0.269 e. The van der Waals surface area contributed by atoms with Crippen molar-refractivity contribution in [3.05, 3.63) is 65.2 Å². The summed E-state index contributed by atoms with van der Waals surface area (Å²) in [6.45, 7) is 5.67. The van der Waals surface area contributed by atoms with E-state index in [4.69, 9.17) is 5.53 Å². The smallest absolute Gasteiger partial charge is 0.269 e. The molecule has 1 aliphatic rings. The molecule has 0 radical (unpaired) electrons. The van der Waals surface area contributed by atoms with Gasteiger partial charge in [0.1, 0.15) is 0 Å². The van der Waals surface area contributed by atoms with Crippen LogP contribution in [0.25, 0.3) is 0 Å². The lowest BCUT2D eigenvalue weighted by molar-refractivity contribution is -0.121. The third-order valence-corrected chi connectivity index (χ3v) is 4.22. The van der Waals surface area contributed by atoms with Crippen molar-refractivity contribution in [1.29, 1.82) is 5.53 Å². The van der Waals surface area contributed by atoms with E-state index in [0.717, 1.165) is 11.1 Å². The Morgan fingerprint density at radius 2 is 1.78 bits per heavy atom. The Morgan fingerprint density at radius 3 is 2.39 bits per heavy atom. The predicted octanol–water partition coefficient (Wildman–Crippen LogP) is 3.95. The number of aryl methyl sites for hydroxylation is 2. The maximum Gasteiger partial charge on any atom is 0.287 e. The van der Waals surface area contributed by atoms with E-state index in [9.17, 15) is 4.79 Å². The lowest BCUT2D eigenvalue weighted by Gasteiger charge is -2.24. The van der Waals surface area contributed by atoms with Crippen LogP contribution in [0.1, 0.15) is 23.6 Å². The molecule has 2 aromatic carbocycles. The Balaban J connectivity index is 2.15. The fourth-order valence-corrected chi connectivity index (χ4v) is 3.04. The van der Waals surface area contributed by atoms with Crippen LogP contribution in [0.4, 0.5) is 5.69 Å². The van der Waals surface area contributed by atoms with Gasteiger partial charge in [-0.2, -0.15) is 15.2 Å². The number of rotatable bonds is 3. The predicted molar refractivity (Wildman–Crippen MR) is 89.8 cm³/mol. The van der Waals surface area contributed by atoms with Crippen LogP contribution >= 0.6 is 0 Å². The van der Waals surface area contributed by atoms with Gasteiger partial charge in [0.2, 0.25) is 5.54 Å². The quantitative estimate of drug-likeness (QED) is 0.857. The molecular weight excluding hydrogens is 288 g/mol. The van der Waals surface area contributed by atoms with Gasteiger partial charge in [-0.1, -0.05) is 42.0 Å². The number of benzene rings is 2. The molecule has 0 saturated carbocycles. The highest BCUT2D eigenvalue weighted by atomic mass is 16.2. The van der Waals surface area contributed by atoms with Gasteiger partial charge in [-0.3, -0.25) is 4.79 Å². The topological polar surface area (TPSA) is 68.9 Å². The van der Waals surface area contributed by atoms with Crippen molar-refractivity contribution in [2.75, 3.05) is 5.01 Å². The molecule has 1 N–H and O–H groups in total. The van der Waals surface area contributed by atoms with Crippen LogP contribution in [0.15, 0.2) is 58.7 Å². The Bertz CT molecular complexity index is 813. The second-order valence-corrected chi connectivity index (χ2v) is 5.78. The molecule has 0 bridgehead atoms. The van der Waals surface area contributed by atoms with Gasteiger partial charge < -0.3 is 0 Å². The summed E-state index contributed by atoms with van der Waals surface area (Å²) in [5, 5.41) is 9.48. The van der Waals surface area contributed by atoms with Gasteiger partial charge in [-0.15, -0.1) is 0 Å². The first-order valence-electron chi connectivity index (χ1n) is 7.42. The van der Waals surface area contributed by atoms with Gasteiger partial charge in [0, 0.05) is 0 Å². The van der Waals surface area contributed by atoms with Crippen LogP contribution in [-0.2, 0) is 10.3 Å². The summed E-state index contributed by atoms with van der Waals surface area (Å²) < 4.78 is 0. The molecule has 116 valence electrons. The number of hydrazone groups is 1. The van der Waals surface area contributed by atoms with Crippen molar-refractivity contribution >= 4 is 17.3 Å². The van der Waals surface area contributed by atoms with Gasteiger partial charge in [-0.05, 0) is 44.0 Å². The first kappa shape index (κ1) is 15.1. The number of anilines is 1. The summed E-state index contributed by atoms with van der Waals surface area (Å²) in [5.41, 5.74) is 10.3. The largest absolute Gasteiger partial charge is 0.287 e. The molecule has 5 heteroatoms. The maximum atomic E-state index is 13.1. The highest BCUT2D eigenvalue weighted by molar-refractivity contribution is 6.22. The molecule has 0 aliphatic carbocycles. The van der Waals surface area contributed by atoms with E-state index in [2.05, 4.69) is 10.2 Å². The van der Waals surface area contributed by atoms with Crippen LogP contribution in [0.5, 0.6) is 0 Å². The van der Waals surface area contributed by atoms with Gasteiger partial charge in [0.25, 0.3) is 5.91 Å². The number of hydrogen-bond acceptors (Lipinski definition) is 4. The Hall–Kier alpha value is -2.82. The summed E-state index contributed by atoms with van der Waals surface area (Å²) in [5.74, 6) is -0.317. The zero-order valence-electron chi connectivity index (χ0n) is 13.4. The third-order valence-electron chi connectivity index (χ3n) is 4.22. The van der Waals surface area contributed by atoms with Gasteiger partial charge >= 0.3 is 0 Å². The van der Waals surface area contributed by atoms with Crippen molar-refractivity contribution in [1.82, 2.24) is 0 Å². The van der Waals surface area contributed by atoms with E-state index in [1.165, 1.54) is 5.01 Å². The number of nitrogens with zero attached hydrogens (tertiary/aromatic N) is 3. The zero-order valence-corrected chi connectivity index (χ0v) is 13.4. The highest BCUT2D eigenvalue weighted by Crippen LogP contribution is 2.38. The fourth-order valence-electron chi connectivity index (χ4n) is 3.04. The Labute approximate surface area is 135 Å². The van der Waals surface area contributed by atoms with Gasteiger partial charge in [-0.25, -0.2) is 5.53 Å². The maximum absolute atomic E-state index is 13.1. The van der Waals surface area contributed by atoms with Crippen molar-refractivity contribution < 1.29 is 4.79 Å². The molecule has 1 amide bonds. The number of amides is 1. The molecule has 1 aliphatic heterocycles. The van der Waals surface area contributed by atoms with Crippen molar-refractivity contribution in [3.63, 3.8) is 0 Å². The van der Waals surface area contributed by atoms with Crippen LogP contribution in [0.2, 0.25) is 0 Å². The number of hydrogen-bond donors (Lipinski definition) is 1. The average Bonchev–Trinajstić information content (AvgIpc) is 2.80. The summed E-state index contributed by atoms with van der Waals surface area (Å²) in [6, 6.07) is 15.0. The summed E-state index contributed by atoms with van der Waals surface area (Å²) in [4.78, 5) is 13.1. The lowest BCUT2D eigenvalue weighted by Crippen LogP contribution is -2.41. The second kappa shape index (κ2) is 5.43. The molecule has 2 aromatic rings. The van der Waals surface area contributed by atoms with E-state index >= 15 is 0 Å². The van der Waals surface area contributed by atoms with Crippen LogP contribution in [0, 0.1) is 19.4 Å². The zero-order chi connectivity index (χ0) is 16.6. The standard InChI is InChI=1S/C18H18N4O/c1-12-9-10-16(13(2)11-12)18(21-19)14(3)20-22(17(18)23)15-7-5-4-6-8-15/h4-11,19H,1-3H3. The van der Waals surface area contributed by atoms with Crippen molar-refractivity contribution in [2.24, 2.45) is 10.2 Å². The summed E-state index contributed by atoms with van der Waals surface area (Å²) >= 11 is 0. The monoisotopic (exact) mass is 306 g/mol. The lowest BCUT2D eigenvalue weighted by atomic mass is 9.83. The minimum absolute atomic E-state index is 0.317. The third kappa shape index (κ3) is 2.16. The molecule has 0 spiro atoms. The summed E-state index contributed by atoms with van der Waals surface area (Å²) in [6.07, 6.45) is 0. The van der Waals surface area contributed by atoms with E-state index < -0.39 is 5.54 Å². The highest BCUT2D eigenvalue weighted by Gasteiger charge is 2.52. The molecule has 1 unspecified atom stereocenters. The van der Waals surface area contributed by atoms with Crippen molar-refractivity contribution in [3.8, 4) is 0 Å². The van der Waals surface area contributed by atoms with Gasteiger partial charge in [0.15, 0.2) is 0 Å². The van der Waals surface area contributed by atoms with E-state index in [0.29, 0.717) is 17.0 Å². The number of carbonyl (C=O) groups is 1. The van der Waals surface area contributed by atoms with Crippen LogP contribution in [-0.4, -0.2) is 11.6 Å². The molecule has 1 heterocycles. The van der Waals surface area contributed by atoms with Crippen molar-refractivity contribution in [2.45, 2.75) is 26.3 Å². The molecular formula is C18H18N4O. The fraction of sp³-hybridized carbons (Fsp3) is 0.222. The van der Waals surface area contributed by atoms with E-state index in [-0.39, 0.29) is 5.91 Å². The average molecular weight is 306 g/mol. The molecule has 1 atom stereocenters. The number of para-hydroxylation sites is 1. The first-order chi connectivity index (χ1) is 11.0. The van der Waals surface area contributed by atoms with Crippen LogP contribution < -0.4 is 5.01 Å². The minimum atomic E-state index is -1.37. The normalized spacial score (nSPS) is 20.6. The molecule has 23 heavy (non-hydrogen) atoms. The van der Waals surface area contributed by atoms with E-state index in [1.54, 1.807) is 6.92 Å². The molecule has 0 aromatic heterocycles. The number of carbonyl (C=O) groups excluding carboxylic acids is 1. The molecule has 0 fully saturated rings. The first-order valence-corrected chi connectivity index (χ1v) is 7.42. The Morgan fingerprint density at radius 1 is 1.09 bits per heavy atom. The number of nitrogens with one attached hydrogen (secondary N) is 1. The summed E-state index contributed by atoms with van der Waals surface area (Å²) in [7, 11) is 0. The van der Waals surface area contributed by atoms with Gasteiger partial charge in [0.05, 0.1) is 11.4 Å². The Kier molecular flexibility index (Phi) is 3.56. The second-order valence-electron chi connectivity index (χ2n) is 5.78. The molecule has 3 rings (SSSR count). The van der Waals surface area contributed by atoms with Crippen LogP contribution in [0.3, 0.4) is 0 Å². The van der Waals surface area contributed by atoms with E-state index in [1.807, 2.05) is 62.4 Å².